The van der Waals surface area contributed by atoms with Gasteiger partial charge in [0.05, 0.1) is 20.4 Å². The second kappa shape index (κ2) is 7.37. The van der Waals surface area contributed by atoms with Crippen molar-refractivity contribution in [3.8, 4) is 0 Å². The molecule has 0 saturated heterocycles. The van der Waals surface area contributed by atoms with Gasteiger partial charge in [0.25, 0.3) is 0 Å². The van der Waals surface area contributed by atoms with E-state index in [9.17, 15) is 4.21 Å². The first-order chi connectivity index (χ1) is 6.58. The van der Waals surface area contributed by atoms with Crippen LogP contribution in [0.4, 0.5) is 0 Å². The van der Waals surface area contributed by atoms with E-state index in [1.807, 2.05) is 0 Å². The Kier molecular flexibility index (Phi) is 7.41. The molecule has 84 valence electrons. The van der Waals surface area contributed by atoms with E-state index in [-0.39, 0.29) is 0 Å². The lowest BCUT2D eigenvalue weighted by atomic mass is 10.9. The van der Waals surface area contributed by atoms with E-state index in [1.54, 1.807) is 0 Å². The van der Waals surface area contributed by atoms with E-state index in [1.165, 1.54) is 17.5 Å². The van der Waals surface area contributed by atoms with E-state index in [0.29, 0.717) is 12.4 Å². The van der Waals surface area contributed by atoms with E-state index in [4.69, 9.17) is 4.74 Å². The zero-order chi connectivity index (χ0) is 11.0. The summed E-state index contributed by atoms with van der Waals surface area (Å²) in [6.45, 7) is 10.9. The third-order valence-electron chi connectivity index (χ3n) is 2.77. The molecule has 4 heteroatoms. The van der Waals surface area contributed by atoms with Crippen LogP contribution in [-0.2, 0) is 15.5 Å². The Morgan fingerprint density at radius 1 is 1.43 bits per heavy atom. The van der Waals surface area contributed by atoms with E-state index >= 15 is 0 Å². The Hall–Kier alpha value is 0.0669. The van der Waals surface area contributed by atoms with Crippen molar-refractivity contribution in [3.05, 3.63) is 12.0 Å². The van der Waals surface area contributed by atoms with Gasteiger partial charge in [-0.3, -0.25) is 4.21 Å². The number of hydrogen-bond donors (Lipinski definition) is 0. The fraction of sp³-hybridized carbons (Fsp3) is 0.800. The second-order valence-electron chi connectivity index (χ2n) is 3.82. The van der Waals surface area contributed by atoms with Crippen molar-refractivity contribution in [2.24, 2.45) is 0 Å². The van der Waals surface area contributed by atoms with Gasteiger partial charge in [-0.2, -0.15) is 0 Å². The largest absolute Gasteiger partial charge is 0.384 e. The molecular weight excluding hydrogens is 212 g/mol. The number of ether oxygens (including phenoxy) is 1. The molecule has 0 rings (SSSR count). The van der Waals surface area contributed by atoms with Crippen molar-refractivity contribution < 1.29 is 8.95 Å². The van der Waals surface area contributed by atoms with Crippen LogP contribution in [0.25, 0.3) is 0 Å². The molecule has 0 aliphatic rings. The zero-order valence-corrected chi connectivity index (χ0v) is 11.4. The Morgan fingerprint density at radius 3 is 2.43 bits per heavy atom. The van der Waals surface area contributed by atoms with Gasteiger partial charge in [-0.25, -0.2) is 0 Å². The third kappa shape index (κ3) is 5.73. The van der Waals surface area contributed by atoms with E-state index in [0.717, 1.165) is 6.23 Å². The van der Waals surface area contributed by atoms with Gasteiger partial charge in [-0.1, -0.05) is 39.1 Å². The predicted molar refractivity (Wildman–Crippen MR) is 66.6 cm³/mol. The third-order valence-corrected chi connectivity index (χ3v) is 8.03. The van der Waals surface area contributed by atoms with Gasteiger partial charge in [0.1, 0.15) is 0 Å². The first-order valence-electron chi connectivity index (χ1n) is 5.15. The molecule has 0 radical (unpaired) electrons. The lowest BCUT2D eigenvalue weighted by Gasteiger charge is -2.23. The van der Waals surface area contributed by atoms with Gasteiger partial charge < -0.3 is 4.74 Å². The van der Waals surface area contributed by atoms with Crippen LogP contribution in [0.3, 0.4) is 0 Å². The van der Waals surface area contributed by atoms with Crippen LogP contribution < -0.4 is 0 Å². The SMILES string of the molecule is C=CS(=O)CCOC[Si](C)(CC)CC. The zero-order valence-electron chi connectivity index (χ0n) is 9.54. The maximum atomic E-state index is 11.0. The Labute approximate surface area is 91.2 Å². The molecule has 0 spiro atoms. The summed E-state index contributed by atoms with van der Waals surface area (Å²) >= 11 is 0. The molecule has 2 nitrogen and oxygen atoms in total. The van der Waals surface area contributed by atoms with Gasteiger partial charge in [-0.05, 0) is 5.41 Å². The normalized spacial score (nSPS) is 13.9. The first-order valence-corrected chi connectivity index (χ1v) is 9.65. The quantitative estimate of drug-likeness (QED) is 0.476. The number of hydrogen-bond acceptors (Lipinski definition) is 2. The van der Waals surface area contributed by atoms with Crippen molar-refractivity contribution in [3.63, 3.8) is 0 Å². The summed E-state index contributed by atoms with van der Waals surface area (Å²) in [4.78, 5) is 0. The monoisotopic (exact) mass is 234 g/mol. The van der Waals surface area contributed by atoms with Gasteiger partial charge in [-0.15, -0.1) is 0 Å². The lowest BCUT2D eigenvalue weighted by Crippen LogP contribution is -2.35. The lowest BCUT2D eigenvalue weighted by molar-refractivity contribution is 0.190. The minimum atomic E-state index is -1.13. The van der Waals surface area contributed by atoms with Crippen LogP contribution in [0.5, 0.6) is 0 Å². The van der Waals surface area contributed by atoms with Crippen molar-refractivity contribution >= 4 is 18.9 Å². The molecule has 14 heavy (non-hydrogen) atoms. The molecule has 0 amide bonds. The summed E-state index contributed by atoms with van der Waals surface area (Å²) in [5.74, 6) is 0.585. The molecule has 1 unspecified atom stereocenters. The highest BCUT2D eigenvalue weighted by Gasteiger charge is 2.22. The minimum absolute atomic E-state index is 0.585. The summed E-state index contributed by atoms with van der Waals surface area (Å²) in [6, 6.07) is 2.52. The molecule has 0 saturated carbocycles. The van der Waals surface area contributed by atoms with Crippen LogP contribution in [0, 0.1) is 0 Å². The first kappa shape index (κ1) is 14.1. The van der Waals surface area contributed by atoms with E-state index < -0.39 is 18.9 Å². The molecule has 0 aromatic heterocycles. The summed E-state index contributed by atoms with van der Waals surface area (Å²) in [5.41, 5.74) is 0. The van der Waals surface area contributed by atoms with Crippen LogP contribution in [0.2, 0.25) is 18.6 Å². The van der Waals surface area contributed by atoms with Crippen molar-refractivity contribution in [2.75, 3.05) is 18.6 Å². The maximum absolute atomic E-state index is 11.0. The Morgan fingerprint density at radius 2 is 2.00 bits per heavy atom. The summed E-state index contributed by atoms with van der Waals surface area (Å²) in [6.07, 6.45) is 0.897. The smallest absolute Gasteiger partial charge is 0.0801 e. The minimum Gasteiger partial charge on any atom is -0.384 e. The van der Waals surface area contributed by atoms with Crippen molar-refractivity contribution in [2.45, 2.75) is 32.5 Å². The Bertz CT molecular complexity index is 191. The van der Waals surface area contributed by atoms with Crippen LogP contribution >= 0.6 is 0 Å². The average Bonchev–Trinajstić information content (AvgIpc) is 2.23. The van der Waals surface area contributed by atoms with Crippen molar-refractivity contribution in [1.82, 2.24) is 0 Å². The van der Waals surface area contributed by atoms with Gasteiger partial charge in [0.15, 0.2) is 0 Å². The van der Waals surface area contributed by atoms with Crippen LogP contribution in [0.15, 0.2) is 12.0 Å². The summed E-state index contributed by atoms with van der Waals surface area (Å²) in [7, 11) is -2.03. The fourth-order valence-electron chi connectivity index (χ4n) is 0.997. The molecule has 0 aliphatic carbocycles. The molecule has 1 atom stereocenters. The highest BCUT2D eigenvalue weighted by Crippen LogP contribution is 2.14. The second-order valence-corrected chi connectivity index (χ2v) is 10.6. The molecule has 0 heterocycles. The molecular formula is C10H22O2SSi. The fourth-order valence-corrected chi connectivity index (χ4v) is 2.99. The highest BCUT2D eigenvalue weighted by molar-refractivity contribution is 7.87. The maximum Gasteiger partial charge on any atom is 0.0801 e. The topological polar surface area (TPSA) is 26.3 Å². The Balaban J connectivity index is 3.62. The molecule has 0 aliphatic heterocycles. The molecule has 0 fully saturated rings. The highest BCUT2D eigenvalue weighted by atomic mass is 32.2. The summed E-state index contributed by atoms with van der Waals surface area (Å²) < 4.78 is 16.6. The summed E-state index contributed by atoms with van der Waals surface area (Å²) in [5, 5.41) is 1.47. The van der Waals surface area contributed by atoms with Gasteiger partial charge >= 0.3 is 0 Å². The van der Waals surface area contributed by atoms with E-state index in [2.05, 4.69) is 27.0 Å². The molecule has 0 aromatic carbocycles. The molecule has 0 aromatic rings. The van der Waals surface area contributed by atoms with Gasteiger partial charge in [0, 0.05) is 17.0 Å². The average molecular weight is 234 g/mol. The van der Waals surface area contributed by atoms with Crippen molar-refractivity contribution in [1.29, 1.82) is 0 Å². The molecule has 0 bridgehead atoms. The van der Waals surface area contributed by atoms with Gasteiger partial charge in [0.2, 0.25) is 0 Å². The standard InChI is InChI=1S/C10H22O2SSi/c1-5-13(11)9-8-12-10-14(4,6-2)7-3/h5H,1,6-10H2,2-4H3. The predicted octanol–water partition coefficient (Wildman–Crippen LogP) is 2.55. The van der Waals surface area contributed by atoms with Crippen LogP contribution in [-0.4, -0.2) is 30.9 Å². The number of rotatable bonds is 8. The molecule has 0 N–H and O–H groups in total. The van der Waals surface area contributed by atoms with Crippen LogP contribution in [0.1, 0.15) is 13.8 Å².